The van der Waals surface area contributed by atoms with Gasteiger partial charge in [-0.2, -0.15) is 5.10 Å². The highest BCUT2D eigenvalue weighted by atomic mass is 32.1. The average Bonchev–Trinajstić information content (AvgIpc) is 3.53. The van der Waals surface area contributed by atoms with Crippen molar-refractivity contribution in [3.8, 4) is 22.1 Å². The zero-order valence-electron chi connectivity index (χ0n) is 16.9. The Morgan fingerprint density at radius 2 is 2.06 bits per heavy atom. The van der Waals surface area contributed by atoms with E-state index in [-0.39, 0.29) is 23.7 Å². The molecule has 7 nitrogen and oxygen atoms in total. The van der Waals surface area contributed by atoms with Gasteiger partial charge >= 0.3 is 0 Å². The van der Waals surface area contributed by atoms with Crippen LogP contribution in [0.4, 0.5) is 14.5 Å². The number of aromatic amines is 2. The van der Waals surface area contributed by atoms with Crippen molar-refractivity contribution in [1.29, 1.82) is 0 Å². The molecule has 166 valence electrons. The van der Waals surface area contributed by atoms with Gasteiger partial charge in [-0.1, -0.05) is 6.07 Å². The predicted octanol–water partition coefficient (Wildman–Crippen LogP) is 5.52. The number of H-pyrrole nitrogens is 2. The number of carbonyl (C=O) groups is 1. The van der Waals surface area contributed by atoms with Crippen molar-refractivity contribution in [2.75, 3.05) is 5.32 Å². The van der Waals surface area contributed by atoms with Crippen molar-refractivity contribution >= 4 is 46.2 Å². The molecule has 11 heteroatoms. The van der Waals surface area contributed by atoms with Gasteiger partial charge in [0.25, 0.3) is 0 Å². The molecule has 0 saturated carbocycles. The van der Waals surface area contributed by atoms with Crippen LogP contribution in [0.2, 0.25) is 0 Å². The summed E-state index contributed by atoms with van der Waals surface area (Å²) in [6.07, 6.45) is 0.187. The second-order valence-electron chi connectivity index (χ2n) is 7.22. The zero-order valence-corrected chi connectivity index (χ0v) is 18.6. The van der Waals surface area contributed by atoms with Crippen LogP contribution in [0.15, 0.2) is 53.9 Å². The lowest BCUT2D eigenvalue weighted by molar-refractivity contribution is -0.116. The van der Waals surface area contributed by atoms with Crippen LogP contribution in [-0.4, -0.2) is 30.6 Å². The van der Waals surface area contributed by atoms with Crippen LogP contribution < -0.4 is 5.32 Å². The Morgan fingerprint density at radius 3 is 2.88 bits per heavy atom. The number of nitrogens with one attached hydrogen (secondary N) is 3. The summed E-state index contributed by atoms with van der Waals surface area (Å²) in [6.45, 7) is 0.365. The fourth-order valence-electron chi connectivity index (χ4n) is 3.45. The Hall–Kier alpha value is -3.70. The van der Waals surface area contributed by atoms with Crippen LogP contribution in [-0.2, 0) is 11.3 Å². The van der Waals surface area contributed by atoms with Gasteiger partial charge in [0.15, 0.2) is 10.6 Å². The van der Waals surface area contributed by atoms with Crippen LogP contribution in [0.25, 0.3) is 33.1 Å². The molecule has 0 spiro atoms. The van der Waals surface area contributed by atoms with Gasteiger partial charge in [-0.3, -0.25) is 14.5 Å². The van der Waals surface area contributed by atoms with E-state index in [1.807, 2.05) is 17.5 Å². The molecule has 2 aromatic carbocycles. The van der Waals surface area contributed by atoms with Crippen molar-refractivity contribution in [1.82, 2.24) is 24.7 Å². The van der Waals surface area contributed by atoms with Crippen molar-refractivity contribution in [3.63, 3.8) is 0 Å². The number of fused-ring (bicyclic) bond motifs is 1. The maximum Gasteiger partial charge on any atom is 0.226 e. The van der Waals surface area contributed by atoms with Gasteiger partial charge in [0.2, 0.25) is 5.91 Å². The Balaban J connectivity index is 1.31. The molecular weight excluding hydrogens is 466 g/mol. The lowest BCUT2D eigenvalue weighted by atomic mass is 10.2. The first-order valence-electron chi connectivity index (χ1n) is 9.92. The van der Waals surface area contributed by atoms with E-state index in [4.69, 9.17) is 12.2 Å². The van der Waals surface area contributed by atoms with Crippen LogP contribution >= 0.6 is 23.6 Å². The van der Waals surface area contributed by atoms with Gasteiger partial charge in [-0.25, -0.2) is 13.8 Å². The molecule has 0 bridgehead atoms. The van der Waals surface area contributed by atoms with E-state index < -0.39 is 11.6 Å². The fraction of sp³-hybridized carbons (Fsp3) is 0.0909. The molecule has 0 aliphatic rings. The van der Waals surface area contributed by atoms with E-state index in [0.717, 1.165) is 23.1 Å². The molecular formula is C22H16F2N6OS2. The summed E-state index contributed by atoms with van der Waals surface area (Å²) in [5.41, 5.74) is 1.74. The number of nitrogens with zero attached hydrogens (tertiary/aromatic N) is 3. The number of thiophene rings is 1. The van der Waals surface area contributed by atoms with Crippen molar-refractivity contribution in [2.24, 2.45) is 0 Å². The first-order valence-corrected chi connectivity index (χ1v) is 11.2. The third-order valence-electron chi connectivity index (χ3n) is 5.01. The average molecular weight is 483 g/mol. The van der Waals surface area contributed by atoms with Crippen molar-refractivity contribution in [3.05, 3.63) is 70.3 Å². The van der Waals surface area contributed by atoms with Crippen LogP contribution in [0.5, 0.6) is 0 Å². The second kappa shape index (κ2) is 8.68. The third-order valence-corrected chi connectivity index (χ3v) is 6.19. The number of anilines is 1. The number of hydrogen-bond acceptors (Lipinski definition) is 5. The standard InChI is InChI=1S/C22H16F2N6OS2/c23-12-3-5-15(24)14(10-12)20-26-16-6-4-13(11-17(16)27-20)25-19(31)7-8-30-21(28-29-22(30)32)18-2-1-9-33-18/h1-6,9-11H,7-8H2,(H,25,31)(H,26,27)(H,29,32). The number of hydrogen-bond donors (Lipinski definition) is 3. The first kappa shape index (κ1) is 21.2. The largest absolute Gasteiger partial charge is 0.338 e. The minimum atomic E-state index is -0.580. The lowest BCUT2D eigenvalue weighted by Gasteiger charge is -2.07. The summed E-state index contributed by atoms with van der Waals surface area (Å²) in [4.78, 5) is 20.8. The van der Waals surface area contributed by atoms with Crippen molar-refractivity contribution < 1.29 is 13.6 Å². The zero-order chi connectivity index (χ0) is 22.9. The molecule has 5 rings (SSSR count). The van der Waals surface area contributed by atoms with E-state index in [1.165, 1.54) is 11.3 Å². The van der Waals surface area contributed by atoms with E-state index in [0.29, 0.717) is 33.9 Å². The number of amides is 1. The number of benzene rings is 2. The monoisotopic (exact) mass is 482 g/mol. The summed E-state index contributed by atoms with van der Waals surface area (Å²) in [7, 11) is 0. The maximum atomic E-state index is 14.1. The number of halogens is 2. The lowest BCUT2D eigenvalue weighted by Crippen LogP contribution is -2.15. The van der Waals surface area contributed by atoms with Gasteiger partial charge in [0.05, 0.1) is 21.5 Å². The quantitative estimate of drug-likeness (QED) is 0.278. The van der Waals surface area contributed by atoms with E-state index in [1.54, 1.807) is 22.8 Å². The number of imidazole rings is 1. The molecule has 3 N–H and O–H groups in total. The number of carbonyl (C=O) groups excluding carboxylic acids is 1. The number of rotatable bonds is 6. The molecule has 1 amide bonds. The highest BCUT2D eigenvalue weighted by Crippen LogP contribution is 2.26. The van der Waals surface area contributed by atoms with Crippen LogP contribution in [0.3, 0.4) is 0 Å². The number of aromatic nitrogens is 5. The summed E-state index contributed by atoms with van der Waals surface area (Å²) in [5, 5.41) is 11.8. The van der Waals surface area contributed by atoms with Gasteiger partial charge in [-0.15, -0.1) is 11.3 Å². The molecule has 3 aromatic heterocycles. The van der Waals surface area contributed by atoms with Crippen molar-refractivity contribution in [2.45, 2.75) is 13.0 Å². The third kappa shape index (κ3) is 4.32. The summed E-state index contributed by atoms with van der Waals surface area (Å²) >= 11 is 6.84. The molecule has 33 heavy (non-hydrogen) atoms. The normalized spacial score (nSPS) is 11.2. The van der Waals surface area contributed by atoms with Gasteiger partial charge in [0, 0.05) is 18.7 Å². The maximum absolute atomic E-state index is 14.1. The highest BCUT2D eigenvalue weighted by Gasteiger charge is 2.14. The molecule has 5 aromatic rings. The molecule has 0 unspecified atom stereocenters. The minimum absolute atomic E-state index is 0.0372. The molecule has 0 saturated heterocycles. The SMILES string of the molecule is O=C(CCn1c(-c2cccs2)n[nH]c1=S)Nc1ccc2nc(-c3cc(F)ccc3F)[nH]c2c1. The molecule has 3 heterocycles. The van der Waals surface area contributed by atoms with E-state index in [9.17, 15) is 13.6 Å². The summed E-state index contributed by atoms with van der Waals surface area (Å²) < 4.78 is 29.9. The Morgan fingerprint density at radius 1 is 1.18 bits per heavy atom. The topological polar surface area (TPSA) is 91.4 Å². The minimum Gasteiger partial charge on any atom is -0.338 e. The highest BCUT2D eigenvalue weighted by molar-refractivity contribution is 7.71. The van der Waals surface area contributed by atoms with E-state index in [2.05, 4.69) is 25.5 Å². The Kier molecular flexibility index (Phi) is 5.56. The first-order chi connectivity index (χ1) is 16.0. The molecule has 0 aliphatic carbocycles. The molecule has 0 atom stereocenters. The predicted molar refractivity (Wildman–Crippen MR) is 125 cm³/mol. The van der Waals surface area contributed by atoms with Crippen LogP contribution in [0.1, 0.15) is 6.42 Å². The second-order valence-corrected chi connectivity index (χ2v) is 8.56. The molecule has 0 radical (unpaired) electrons. The summed E-state index contributed by atoms with van der Waals surface area (Å²) in [5.74, 6) is -0.436. The van der Waals surface area contributed by atoms with E-state index >= 15 is 0 Å². The molecule has 0 aliphatic heterocycles. The van der Waals surface area contributed by atoms with Gasteiger partial charge in [-0.05, 0) is 60.1 Å². The van der Waals surface area contributed by atoms with Gasteiger partial charge < -0.3 is 10.3 Å². The molecule has 0 fully saturated rings. The fourth-order valence-corrected chi connectivity index (χ4v) is 4.40. The van der Waals surface area contributed by atoms with Crippen LogP contribution in [0, 0.1) is 16.4 Å². The summed E-state index contributed by atoms with van der Waals surface area (Å²) in [6, 6.07) is 12.2. The smallest absolute Gasteiger partial charge is 0.226 e. The van der Waals surface area contributed by atoms with Gasteiger partial charge in [0.1, 0.15) is 17.5 Å². The Labute approximate surface area is 195 Å². The Bertz CT molecular complexity index is 1520.